The molecule has 0 aliphatic rings. The van der Waals surface area contributed by atoms with Gasteiger partial charge >= 0.3 is 11.9 Å². The predicted octanol–water partition coefficient (Wildman–Crippen LogP) is 5.92. The standard InChI is InChI=1S/C11H16O3.C11H22O2/c1-4-11(2,3)10(12)14-8-9-6-5-7-13-9;1-4-6-7-8-9-13-11(12)10(3)5-2/h5-7H,4,8H2,1-3H3;10H,4-9H2,1-3H3. The van der Waals surface area contributed by atoms with Crippen molar-refractivity contribution in [3.63, 3.8) is 0 Å². The molecule has 0 N–H and O–H groups in total. The molecule has 0 aromatic carbocycles. The SMILES string of the molecule is CCC(C)(C)C(=O)OCc1ccco1.CCCCCCOC(=O)C(C)CC. The molecule has 1 aromatic heterocycles. The summed E-state index contributed by atoms with van der Waals surface area (Å²) in [6.07, 6.45) is 7.84. The van der Waals surface area contributed by atoms with Gasteiger partial charge in [-0.3, -0.25) is 9.59 Å². The fourth-order valence-corrected chi connectivity index (χ4v) is 1.88. The van der Waals surface area contributed by atoms with Crippen LogP contribution in [0.4, 0.5) is 0 Å². The second-order valence-corrected chi connectivity index (χ2v) is 7.43. The van der Waals surface area contributed by atoms with E-state index in [0.29, 0.717) is 12.4 Å². The zero-order valence-corrected chi connectivity index (χ0v) is 18.0. The van der Waals surface area contributed by atoms with Gasteiger partial charge in [0, 0.05) is 0 Å². The monoisotopic (exact) mass is 382 g/mol. The fraction of sp³-hybridized carbons (Fsp3) is 0.727. The molecule has 0 spiro atoms. The van der Waals surface area contributed by atoms with Gasteiger partial charge in [0.2, 0.25) is 0 Å². The first-order valence-corrected chi connectivity index (χ1v) is 10.1. The molecule has 0 fully saturated rings. The molecule has 5 nitrogen and oxygen atoms in total. The molecule has 156 valence electrons. The van der Waals surface area contributed by atoms with Gasteiger partial charge in [-0.2, -0.15) is 0 Å². The zero-order valence-electron chi connectivity index (χ0n) is 18.0. The number of hydrogen-bond acceptors (Lipinski definition) is 5. The van der Waals surface area contributed by atoms with Gasteiger partial charge in [0.1, 0.15) is 12.4 Å². The number of carbonyl (C=O) groups excluding carboxylic acids is 2. The van der Waals surface area contributed by atoms with Crippen LogP contribution in [0.2, 0.25) is 0 Å². The van der Waals surface area contributed by atoms with E-state index in [0.717, 1.165) is 19.3 Å². The molecule has 1 atom stereocenters. The van der Waals surface area contributed by atoms with Gasteiger partial charge in [0.25, 0.3) is 0 Å². The van der Waals surface area contributed by atoms with Gasteiger partial charge in [0.05, 0.1) is 24.2 Å². The number of unbranched alkanes of at least 4 members (excludes halogenated alkanes) is 3. The van der Waals surface area contributed by atoms with E-state index in [1.807, 2.05) is 34.6 Å². The number of esters is 2. The summed E-state index contributed by atoms with van der Waals surface area (Å²) in [6.45, 7) is 12.6. The van der Waals surface area contributed by atoms with E-state index in [9.17, 15) is 9.59 Å². The average Bonchev–Trinajstić information content (AvgIpc) is 3.19. The second-order valence-electron chi connectivity index (χ2n) is 7.43. The summed E-state index contributed by atoms with van der Waals surface area (Å²) in [5.74, 6) is 0.506. The minimum Gasteiger partial charge on any atom is -0.466 e. The van der Waals surface area contributed by atoms with E-state index in [2.05, 4.69) is 6.92 Å². The Kier molecular flexibility index (Phi) is 13.4. The number of rotatable bonds is 11. The van der Waals surface area contributed by atoms with Crippen molar-refractivity contribution in [3.05, 3.63) is 24.2 Å². The van der Waals surface area contributed by atoms with Crippen molar-refractivity contribution in [1.82, 2.24) is 0 Å². The quantitative estimate of drug-likeness (QED) is 0.351. The van der Waals surface area contributed by atoms with Gasteiger partial charge in [-0.05, 0) is 45.2 Å². The predicted molar refractivity (Wildman–Crippen MR) is 107 cm³/mol. The van der Waals surface area contributed by atoms with Crippen LogP contribution < -0.4 is 0 Å². The highest BCUT2D eigenvalue weighted by molar-refractivity contribution is 5.75. The van der Waals surface area contributed by atoms with E-state index >= 15 is 0 Å². The van der Waals surface area contributed by atoms with Crippen molar-refractivity contribution in [2.75, 3.05) is 6.61 Å². The Balaban J connectivity index is 0.000000503. The first-order chi connectivity index (χ1) is 12.8. The first-order valence-electron chi connectivity index (χ1n) is 10.1. The highest BCUT2D eigenvalue weighted by atomic mass is 16.5. The van der Waals surface area contributed by atoms with Crippen LogP contribution in [0.25, 0.3) is 0 Å². The number of furan rings is 1. The molecule has 0 saturated carbocycles. The van der Waals surface area contributed by atoms with Crippen molar-refractivity contribution < 1.29 is 23.5 Å². The second kappa shape index (κ2) is 14.3. The van der Waals surface area contributed by atoms with Crippen molar-refractivity contribution in [2.45, 2.75) is 86.7 Å². The Bertz CT molecular complexity index is 505. The molecule has 0 bridgehead atoms. The van der Waals surface area contributed by atoms with Crippen LogP contribution in [-0.4, -0.2) is 18.5 Å². The Labute approximate surface area is 164 Å². The summed E-state index contributed by atoms with van der Waals surface area (Å²) < 4.78 is 15.3. The highest BCUT2D eigenvalue weighted by Gasteiger charge is 2.27. The smallest absolute Gasteiger partial charge is 0.311 e. The summed E-state index contributed by atoms with van der Waals surface area (Å²) in [5, 5.41) is 0. The van der Waals surface area contributed by atoms with Crippen molar-refractivity contribution in [1.29, 1.82) is 0 Å². The molecule has 1 aromatic rings. The highest BCUT2D eigenvalue weighted by Crippen LogP contribution is 2.22. The Hall–Kier alpha value is -1.78. The molecule has 27 heavy (non-hydrogen) atoms. The molecule has 1 unspecified atom stereocenters. The van der Waals surface area contributed by atoms with Crippen LogP contribution >= 0.6 is 0 Å². The summed E-state index contributed by atoms with van der Waals surface area (Å²) in [7, 11) is 0. The van der Waals surface area contributed by atoms with Crippen LogP contribution in [-0.2, 0) is 25.7 Å². The molecule has 1 rings (SSSR count). The lowest BCUT2D eigenvalue weighted by atomic mass is 9.91. The normalized spacial score (nSPS) is 11.9. The molecule has 0 aliphatic heterocycles. The zero-order chi connectivity index (χ0) is 20.7. The molecule has 0 aliphatic carbocycles. The maximum absolute atomic E-state index is 11.5. The third kappa shape index (κ3) is 11.5. The Morgan fingerprint density at radius 1 is 1.11 bits per heavy atom. The van der Waals surface area contributed by atoms with Crippen LogP contribution in [0.15, 0.2) is 22.8 Å². The molecule has 5 heteroatoms. The minimum absolute atomic E-state index is 0.0426. The van der Waals surface area contributed by atoms with E-state index < -0.39 is 5.41 Å². The number of carbonyl (C=O) groups is 2. The third-order valence-corrected chi connectivity index (χ3v) is 4.62. The molecule has 0 radical (unpaired) electrons. The summed E-state index contributed by atoms with van der Waals surface area (Å²) in [6, 6.07) is 3.56. The molecule has 0 amide bonds. The maximum atomic E-state index is 11.5. The molecular weight excluding hydrogens is 344 g/mol. The first kappa shape index (κ1) is 25.2. The molecule has 0 saturated heterocycles. The van der Waals surface area contributed by atoms with Crippen molar-refractivity contribution in [2.24, 2.45) is 11.3 Å². The topological polar surface area (TPSA) is 65.7 Å². The lowest BCUT2D eigenvalue weighted by Gasteiger charge is -2.19. The van der Waals surface area contributed by atoms with E-state index in [1.165, 1.54) is 19.3 Å². The summed E-state index contributed by atoms with van der Waals surface area (Å²) >= 11 is 0. The lowest BCUT2D eigenvalue weighted by molar-refractivity contribution is -0.156. The van der Waals surface area contributed by atoms with Crippen molar-refractivity contribution in [3.8, 4) is 0 Å². The van der Waals surface area contributed by atoms with Crippen LogP contribution in [0, 0.1) is 11.3 Å². The molecule has 1 heterocycles. The van der Waals surface area contributed by atoms with Gasteiger partial charge in [-0.25, -0.2) is 0 Å². The number of ether oxygens (including phenoxy) is 2. The van der Waals surface area contributed by atoms with Crippen molar-refractivity contribution >= 4 is 11.9 Å². The third-order valence-electron chi connectivity index (χ3n) is 4.62. The Morgan fingerprint density at radius 2 is 1.81 bits per heavy atom. The number of hydrogen-bond donors (Lipinski definition) is 0. The van der Waals surface area contributed by atoms with Crippen LogP contribution in [0.3, 0.4) is 0 Å². The van der Waals surface area contributed by atoms with Gasteiger partial charge in [-0.15, -0.1) is 0 Å². The van der Waals surface area contributed by atoms with E-state index in [-0.39, 0.29) is 24.5 Å². The summed E-state index contributed by atoms with van der Waals surface area (Å²) in [5.41, 5.74) is -0.410. The van der Waals surface area contributed by atoms with Gasteiger partial charge in [-0.1, -0.05) is 47.0 Å². The fourth-order valence-electron chi connectivity index (χ4n) is 1.88. The Morgan fingerprint density at radius 3 is 2.33 bits per heavy atom. The van der Waals surface area contributed by atoms with Gasteiger partial charge < -0.3 is 13.9 Å². The lowest BCUT2D eigenvalue weighted by Crippen LogP contribution is -2.25. The minimum atomic E-state index is -0.410. The average molecular weight is 383 g/mol. The largest absolute Gasteiger partial charge is 0.466 e. The van der Waals surface area contributed by atoms with E-state index in [1.54, 1.807) is 18.4 Å². The molecular formula is C22H38O5. The maximum Gasteiger partial charge on any atom is 0.311 e. The van der Waals surface area contributed by atoms with Crippen LogP contribution in [0.1, 0.15) is 85.8 Å². The summed E-state index contributed by atoms with van der Waals surface area (Å²) in [4.78, 5) is 22.7. The van der Waals surface area contributed by atoms with E-state index in [4.69, 9.17) is 13.9 Å². The van der Waals surface area contributed by atoms with Crippen LogP contribution in [0.5, 0.6) is 0 Å². The van der Waals surface area contributed by atoms with Gasteiger partial charge in [0.15, 0.2) is 0 Å².